The summed E-state index contributed by atoms with van der Waals surface area (Å²) in [5, 5.41) is 5.38. The number of amides is 3. The third kappa shape index (κ3) is 9.01. The summed E-state index contributed by atoms with van der Waals surface area (Å²) in [6, 6.07) is 13.0. The highest BCUT2D eigenvalue weighted by molar-refractivity contribution is 7.90. The number of esters is 1. The van der Waals surface area contributed by atoms with Gasteiger partial charge >= 0.3 is 5.97 Å². The van der Waals surface area contributed by atoms with Gasteiger partial charge < -0.3 is 20.1 Å². The highest BCUT2D eigenvalue weighted by Crippen LogP contribution is 2.22. The molecule has 2 aromatic carbocycles. The molecule has 3 amide bonds. The molecule has 14 heteroatoms. The average Bonchev–Trinajstić information content (AvgIpc) is 2.96. The van der Waals surface area contributed by atoms with Crippen LogP contribution >= 0.6 is 11.6 Å². The molecule has 0 fully saturated rings. The lowest BCUT2D eigenvalue weighted by molar-refractivity contribution is -0.146. The van der Waals surface area contributed by atoms with Crippen molar-refractivity contribution in [2.24, 2.45) is 0 Å². The van der Waals surface area contributed by atoms with E-state index in [0.717, 1.165) is 11.8 Å². The van der Waals surface area contributed by atoms with Crippen molar-refractivity contribution in [3.05, 3.63) is 88.2 Å². The Labute approximate surface area is 247 Å². The predicted molar refractivity (Wildman–Crippen MR) is 153 cm³/mol. The van der Waals surface area contributed by atoms with Gasteiger partial charge in [-0.25, -0.2) is 13.1 Å². The van der Waals surface area contributed by atoms with E-state index in [1.165, 1.54) is 37.4 Å². The molecule has 0 aliphatic heterocycles. The normalized spacial score (nSPS) is 11.0. The fraction of sp³-hybridized carbons (Fsp3) is 0.250. The van der Waals surface area contributed by atoms with Gasteiger partial charge in [0.2, 0.25) is 0 Å². The number of nitrogens with zero attached hydrogens (tertiary/aromatic N) is 1. The van der Waals surface area contributed by atoms with Gasteiger partial charge in [-0.3, -0.25) is 24.2 Å². The molecule has 0 unspecified atom stereocenters. The summed E-state index contributed by atoms with van der Waals surface area (Å²) >= 11 is 6.10. The number of aromatic nitrogens is 1. The van der Waals surface area contributed by atoms with Crippen LogP contribution in [0.3, 0.4) is 0 Å². The first-order valence-electron chi connectivity index (χ1n) is 12.6. The minimum Gasteiger partial charge on any atom is -0.497 e. The Kier molecular flexibility index (Phi) is 11.0. The Morgan fingerprint density at radius 3 is 2.26 bits per heavy atom. The van der Waals surface area contributed by atoms with Gasteiger partial charge in [0.15, 0.2) is 0 Å². The van der Waals surface area contributed by atoms with Gasteiger partial charge in [-0.1, -0.05) is 23.7 Å². The van der Waals surface area contributed by atoms with E-state index in [9.17, 15) is 27.6 Å². The van der Waals surface area contributed by atoms with Crippen LogP contribution in [0.25, 0.3) is 0 Å². The highest BCUT2D eigenvalue weighted by atomic mass is 35.5. The van der Waals surface area contributed by atoms with Crippen LogP contribution in [0, 0.1) is 0 Å². The predicted octanol–water partition coefficient (Wildman–Crippen LogP) is 2.52. The summed E-state index contributed by atoms with van der Waals surface area (Å²) in [5.74, 6) is -2.12. The molecule has 1 aromatic heterocycles. The number of methoxy groups -OCH3 is 1. The van der Waals surface area contributed by atoms with Crippen LogP contribution in [0.1, 0.15) is 50.6 Å². The minimum atomic E-state index is -4.21. The lowest BCUT2D eigenvalue weighted by Gasteiger charge is -2.10. The molecule has 42 heavy (non-hydrogen) atoms. The van der Waals surface area contributed by atoms with Crippen molar-refractivity contribution >= 4 is 45.3 Å². The number of hydrogen-bond acceptors (Lipinski definition) is 9. The molecule has 0 bridgehead atoms. The van der Waals surface area contributed by atoms with Gasteiger partial charge in [-0.15, -0.1) is 0 Å². The number of halogens is 1. The molecule has 0 aliphatic carbocycles. The molecule has 0 saturated heterocycles. The van der Waals surface area contributed by atoms with Crippen LogP contribution in [0.4, 0.5) is 0 Å². The number of ether oxygens (including phenoxy) is 2. The molecule has 0 radical (unpaired) electrons. The van der Waals surface area contributed by atoms with Crippen molar-refractivity contribution in [3.8, 4) is 5.75 Å². The molecular weight excluding hydrogens is 588 g/mol. The number of sulfonamides is 1. The molecule has 3 N–H and O–H groups in total. The zero-order valence-corrected chi connectivity index (χ0v) is 24.5. The third-order valence-electron chi connectivity index (χ3n) is 5.60. The number of hydrogen-bond donors (Lipinski definition) is 3. The van der Waals surface area contributed by atoms with E-state index in [4.69, 9.17) is 21.1 Å². The maximum Gasteiger partial charge on any atom is 0.325 e. The first-order chi connectivity index (χ1) is 19.9. The first-order valence-corrected chi connectivity index (χ1v) is 14.5. The molecule has 0 aliphatic rings. The van der Waals surface area contributed by atoms with E-state index in [2.05, 4.69) is 15.6 Å². The Hall–Kier alpha value is -4.49. The summed E-state index contributed by atoms with van der Waals surface area (Å²) in [7, 11) is -2.73. The van der Waals surface area contributed by atoms with E-state index >= 15 is 0 Å². The maximum atomic E-state index is 12.7. The van der Waals surface area contributed by atoms with E-state index in [1.807, 2.05) is 4.72 Å². The number of rotatable bonds is 12. The van der Waals surface area contributed by atoms with Crippen molar-refractivity contribution in [2.75, 3.05) is 20.2 Å². The zero-order valence-electron chi connectivity index (χ0n) is 23.0. The van der Waals surface area contributed by atoms with Crippen molar-refractivity contribution in [1.82, 2.24) is 20.3 Å². The van der Waals surface area contributed by atoms with Crippen LogP contribution in [0.15, 0.2) is 65.7 Å². The van der Waals surface area contributed by atoms with Gasteiger partial charge in [-0.2, -0.15) is 0 Å². The lowest BCUT2D eigenvalue weighted by Crippen LogP contribution is -2.32. The smallest absolute Gasteiger partial charge is 0.325 e. The van der Waals surface area contributed by atoms with E-state index in [0.29, 0.717) is 12.2 Å². The summed E-state index contributed by atoms with van der Waals surface area (Å²) in [6.45, 7) is 3.25. The molecule has 0 atom stereocenters. The van der Waals surface area contributed by atoms with Crippen LogP contribution < -0.4 is 20.1 Å². The molecule has 1 heterocycles. The lowest BCUT2D eigenvalue weighted by atomic mass is 10.1. The largest absolute Gasteiger partial charge is 0.497 e. The second-order valence-corrected chi connectivity index (χ2v) is 11.2. The van der Waals surface area contributed by atoms with Crippen molar-refractivity contribution in [1.29, 1.82) is 0 Å². The first kappa shape index (κ1) is 32.0. The Balaban J connectivity index is 1.53. The van der Waals surface area contributed by atoms with Gasteiger partial charge in [0.05, 0.1) is 34.3 Å². The van der Waals surface area contributed by atoms with Gasteiger partial charge in [0.1, 0.15) is 18.0 Å². The topological polar surface area (TPSA) is 170 Å². The SMILES string of the molecule is COc1ccc(Cl)c(C(=O)NCCc2ccc(S(=O)(=O)NC(=O)c3ccc(C(=O)NCC(=O)OC(C)C)nc3)cc2)c1. The molecule has 12 nitrogen and oxygen atoms in total. The number of benzene rings is 2. The van der Waals surface area contributed by atoms with Gasteiger partial charge in [-0.05, 0) is 68.3 Å². The second-order valence-electron chi connectivity index (χ2n) is 9.08. The summed E-state index contributed by atoms with van der Waals surface area (Å²) in [4.78, 5) is 52.4. The maximum absolute atomic E-state index is 12.7. The quantitative estimate of drug-likeness (QED) is 0.259. The zero-order chi connectivity index (χ0) is 30.9. The van der Waals surface area contributed by atoms with Gasteiger partial charge in [0.25, 0.3) is 27.7 Å². The highest BCUT2D eigenvalue weighted by Gasteiger charge is 2.20. The van der Waals surface area contributed by atoms with Crippen molar-refractivity contribution in [3.63, 3.8) is 0 Å². The van der Waals surface area contributed by atoms with Gasteiger partial charge in [0, 0.05) is 12.7 Å². The third-order valence-corrected chi connectivity index (χ3v) is 7.27. The Morgan fingerprint density at radius 2 is 1.64 bits per heavy atom. The molecule has 3 aromatic rings. The van der Waals surface area contributed by atoms with E-state index < -0.39 is 27.8 Å². The molecular formula is C28H29ClN4O8S. The molecule has 0 saturated carbocycles. The Morgan fingerprint density at radius 1 is 0.929 bits per heavy atom. The standard InChI is InChI=1S/C28H29ClN4O8S/c1-17(2)41-25(34)16-32-28(37)24-11-6-19(15-31-24)26(35)33-42(38,39)21-8-4-18(5-9-21)12-13-30-27(36)22-14-20(40-3)7-10-23(22)29/h4-11,14-15,17H,12-13,16H2,1-3H3,(H,30,36)(H,32,37)(H,33,35). The monoisotopic (exact) mass is 616 g/mol. The number of carbonyl (C=O) groups is 4. The van der Waals surface area contributed by atoms with E-state index in [-0.39, 0.29) is 51.8 Å². The summed E-state index contributed by atoms with van der Waals surface area (Å²) in [6.07, 6.45) is 1.12. The fourth-order valence-corrected chi connectivity index (χ4v) is 4.68. The fourth-order valence-electron chi connectivity index (χ4n) is 3.51. The van der Waals surface area contributed by atoms with Crippen molar-refractivity contribution in [2.45, 2.75) is 31.3 Å². The summed E-state index contributed by atoms with van der Waals surface area (Å²) < 4.78 is 37.5. The molecule has 0 spiro atoms. The number of carbonyl (C=O) groups excluding carboxylic acids is 4. The average molecular weight is 617 g/mol. The van der Waals surface area contributed by atoms with Crippen LogP contribution in [-0.4, -0.2) is 63.4 Å². The second kappa shape index (κ2) is 14.4. The van der Waals surface area contributed by atoms with Crippen molar-refractivity contribution < 1.29 is 37.1 Å². The van der Waals surface area contributed by atoms with Crippen LogP contribution in [0.5, 0.6) is 5.75 Å². The van der Waals surface area contributed by atoms with Crippen LogP contribution in [0.2, 0.25) is 5.02 Å². The minimum absolute atomic E-state index is 0.0786. The summed E-state index contributed by atoms with van der Waals surface area (Å²) in [5.41, 5.74) is 0.834. The van der Waals surface area contributed by atoms with E-state index in [1.54, 1.807) is 38.1 Å². The molecule has 222 valence electrons. The molecule has 3 rings (SSSR count). The Bertz CT molecular complexity index is 1560. The van der Waals surface area contributed by atoms with Crippen LogP contribution in [-0.2, 0) is 26.0 Å². The number of pyridine rings is 1. The number of nitrogens with one attached hydrogen (secondary N) is 3.